The van der Waals surface area contributed by atoms with Crippen LogP contribution in [0.3, 0.4) is 0 Å². The molecule has 0 aromatic carbocycles. The van der Waals surface area contributed by atoms with Crippen molar-refractivity contribution in [3.05, 3.63) is 11.6 Å². The Hall–Kier alpha value is -0.340. The molecule has 4 aliphatic rings. The third-order valence-corrected chi connectivity index (χ3v) is 8.03. The van der Waals surface area contributed by atoms with Gasteiger partial charge in [-0.1, -0.05) is 25.5 Å². The van der Waals surface area contributed by atoms with Crippen molar-refractivity contribution in [2.45, 2.75) is 77.4 Å². The highest BCUT2D eigenvalue weighted by Gasteiger charge is 2.58. The lowest BCUT2D eigenvalue weighted by Gasteiger charge is -2.57. The first-order chi connectivity index (χ1) is 9.95. The molecule has 3 saturated carbocycles. The van der Waals surface area contributed by atoms with Gasteiger partial charge in [0.15, 0.2) is 0 Å². The van der Waals surface area contributed by atoms with Crippen LogP contribution >= 0.6 is 0 Å². The Morgan fingerprint density at radius 1 is 1.00 bits per heavy atom. The molecule has 0 spiro atoms. The molecule has 2 N–H and O–H groups in total. The summed E-state index contributed by atoms with van der Waals surface area (Å²) < 4.78 is 0. The first-order valence-electron chi connectivity index (χ1n) is 9.01. The summed E-state index contributed by atoms with van der Waals surface area (Å²) in [5.74, 6) is 2.27. The number of aliphatic hydroxyl groups excluding tert-OH is 2. The number of allylic oxidation sites excluding steroid dienone is 1. The molecular weight excluding hydrogens is 260 g/mol. The van der Waals surface area contributed by atoms with E-state index in [1.165, 1.54) is 25.7 Å². The average Bonchev–Trinajstić information content (AvgIpc) is 2.76. The van der Waals surface area contributed by atoms with Crippen molar-refractivity contribution in [1.82, 2.24) is 0 Å². The van der Waals surface area contributed by atoms with E-state index in [4.69, 9.17) is 0 Å². The quantitative estimate of drug-likeness (QED) is 0.668. The third kappa shape index (κ3) is 1.84. The van der Waals surface area contributed by atoms with Gasteiger partial charge in [-0.25, -0.2) is 0 Å². The van der Waals surface area contributed by atoms with Crippen LogP contribution in [0.25, 0.3) is 0 Å². The molecule has 0 radical (unpaired) electrons. The van der Waals surface area contributed by atoms with Gasteiger partial charge in [0.05, 0.1) is 12.2 Å². The number of fused-ring (bicyclic) bond motifs is 5. The van der Waals surface area contributed by atoms with Crippen LogP contribution in [0, 0.1) is 28.6 Å². The SMILES string of the molecule is C[C@]12CC[C@H](O)CC1=CC[C@@H]1[C@@H]2CC[C@]2(C)C(O)CC[C@@H]12. The summed E-state index contributed by atoms with van der Waals surface area (Å²) >= 11 is 0. The largest absolute Gasteiger partial charge is 0.393 e. The lowest BCUT2D eigenvalue weighted by Crippen LogP contribution is -2.51. The normalized spacial score (nSPS) is 56.2. The average molecular weight is 290 g/mol. The second-order valence-corrected chi connectivity index (χ2v) is 8.79. The molecule has 21 heavy (non-hydrogen) atoms. The van der Waals surface area contributed by atoms with E-state index in [2.05, 4.69) is 19.9 Å². The standard InChI is InChI=1S/C19H30O2/c1-18-9-7-13(20)11-12(18)3-4-14-15-5-6-17(21)19(15,2)10-8-16(14)18/h3,13-17,20-21H,4-11H2,1-2H3/t13-,14-,15-,16-,17?,18-,19-/m0/s1. The lowest BCUT2D eigenvalue weighted by molar-refractivity contribution is -0.0711. The molecule has 0 aromatic rings. The van der Waals surface area contributed by atoms with E-state index in [-0.39, 0.29) is 17.6 Å². The lowest BCUT2D eigenvalue weighted by atomic mass is 9.48. The molecule has 3 fully saturated rings. The Kier molecular flexibility index (Phi) is 3.11. The molecule has 0 bridgehead atoms. The predicted molar refractivity (Wildman–Crippen MR) is 83.7 cm³/mol. The number of hydrogen-bond acceptors (Lipinski definition) is 2. The van der Waals surface area contributed by atoms with E-state index < -0.39 is 0 Å². The van der Waals surface area contributed by atoms with Gasteiger partial charge < -0.3 is 10.2 Å². The summed E-state index contributed by atoms with van der Waals surface area (Å²) in [6, 6.07) is 0. The van der Waals surface area contributed by atoms with Crippen LogP contribution in [-0.4, -0.2) is 22.4 Å². The van der Waals surface area contributed by atoms with E-state index >= 15 is 0 Å². The second kappa shape index (κ2) is 4.58. The van der Waals surface area contributed by atoms with Crippen molar-refractivity contribution in [2.75, 3.05) is 0 Å². The highest BCUT2D eigenvalue weighted by atomic mass is 16.3. The zero-order valence-corrected chi connectivity index (χ0v) is 13.5. The molecule has 118 valence electrons. The Morgan fingerprint density at radius 2 is 1.81 bits per heavy atom. The molecule has 4 rings (SSSR count). The van der Waals surface area contributed by atoms with Gasteiger partial charge in [0, 0.05) is 0 Å². The summed E-state index contributed by atoms with van der Waals surface area (Å²) in [4.78, 5) is 0. The van der Waals surface area contributed by atoms with Crippen molar-refractivity contribution in [1.29, 1.82) is 0 Å². The maximum absolute atomic E-state index is 10.5. The van der Waals surface area contributed by atoms with Crippen LogP contribution in [0.4, 0.5) is 0 Å². The minimum absolute atomic E-state index is 0.0742. The van der Waals surface area contributed by atoms with Crippen LogP contribution in [0.1, 0.15) is 65.2 Å². The molecular formula is C19H30O2. The highest BCUT2D eigenvalue weighted by molar-refractivity contribution is 5.25. The summed E-state index contributed by atoms with van der Waals surface area (Å²) in [5, 5.41) is 20.5. The molecule has 0 aliphatic heterocycles. The van der Waals surface area contributed by atoms with E-state index in [9.17, 15) is 10.2 Å². The Morgan fingerprint density at radius 3 is 2.62 bits per heavy atom. The van der Waals surface area contributed by atoms with E-state index in [1.807, 2.05) is 0 Å². The van der Waals surface area contributed by atoms with Crippen LogP contribution in [0.2, 0.25) is 0 Å². The van der Waals surface area contributed by atoms with Gasteiger partial charge in [-0.15, -0.1) is 0 Å². The van der Waals surface area contributed by atoms with E-state index in [1.54, 1.807) is 5.57 Å². The summed E-state index contributed by atoms with van der Waals surface area (Å²) in [7, 11) is 0. The Balaban J connectivity index is 1.68. The molecule has 4 aliphatic carbocycles. The minimum Gasteiger partial charge on any atom is -0.393 e. The van der Waals surface area contributed by atoms with Gasteiger partial charge in [0.2, 0.25) is 0 Å². The Bertz CT molecular complexity index is 470. The summed E-state index contributed by atoms with van der Waals surface area (Å²) in [5.41, 5.74) is 2.05. The molecule has 0 amide bonds. The second-order valence-electron chi connectivity index (χ2n) is 8.79. The minimum atomic E-state index is -0.108. The topological polar surface area (TPSA) is 40.5 Å². The maximum atomic E-state index is 10.5. The molecule has 0 heterocycles. The van der Waals surface area contributed by atoms with Gasteiger partial charge in [-0.3, -0.25) is 0 Å². The molecule has 1 unspecified atom stereocenters. The number of aliphatic hydroxyl groups is 2. The highest BCUT2D eigenvalue weighted by Crippen LogP contribution is 2.64. The number of hydrogen-bond donors (Lipinski definition) is 2. The van der Waals surface area contributed by atoms with Crippen LogP contribution in [-0.2, 0) is 0 Å². The third-order valence-electron chi connectivity index (χ3n) is 8.03. The first-order valence-corrected chi connectivity index (χ1v) is 9.01. The molecule has 2 heteroatoms. The van der Waals surface area contributed by atoms with Gasteiger partial charge >= 0.3 is 0 Å². The van der Waals surface area contributed by atoms with Crippen LogP contribution in [0.5, 0.6) is 0 Å². The zero-order chi connectivity index (χ0) is 14.8. The smallest absolute Gasteiger partial charge is 0.0596 e. The van der Waals surface area contributed by atoms with Crippen molar-refractivity contribution >= 4 is 0 Å². The van der Waals surface area contributed by atoms with Crippen LogP contribution < -0.4 is 0 Å². The van der Waals surface area contributed by atoms with Gasteiger partial charge in [0.25, 0.3) is 0 Å². The van der Waals surface area contributed by atoms with E-state index in [0.717, 1.165) is 37.5 Å². The van der Waals surface area contributed by atoms with Crippen molar-refractivity contribution in [3.63, 3.8) is 0 Å². The molecule has 2 nitrogen and oxygen atoms in total. The van der Waals surface area contributed by atoms with Gasteiger partial charge in [-0.05, 0) is 80.0 Å². The van der Waals surface area contributed by atoms with Crippen molar-refractivity contribution < 1.29 is 10.2 Å². The maximum Gasteiger partial charge on any atom is 0.0596 e. The van der Waals surface area contributed by atoms with Crippen LogP contribution in [0.15, 0.2) is 11.6 Å². The molecule has 7 atom stereocenters. The monoisotopic (exact) mass is 290 g/mol. The van der Waals surface area contributed by atoms with Gasteiger partial charge in [-0.2, -0.15) is 0 Å². The summed E-state index contributed by atoms with van der Waals surface area (Å²) in [6.07, 6.45) is 11.2. The first kappa shape index (κ1) is 14.3. The zero-order valence-electron chi connectivity index (χ0n) is 13.5. The van der Waals surface area contributed by atoms with Crippen molar-refractivity contribution in [3.8, 4) is 0 Å². The molecule has 0 aromatic heterocycles. The molecule has 0 saturated heterocycles. The fourth-order valence-corrected chi connectivity index (χ4v) is 6.61. The Labute approximate surface area is 128 Å². The predicted octanol–water partition coefficient (Wildman–Crippen LogP) is 3.67. The number of rotatable bonds is 0. The fraction of sp³-hybridized carbons (Fsp3) is 0.895. The van der Waals surface area contributed by atoms with Gasteiger partial charge in [0.1, 0.15) is 0 Å². The summed E-state index contributed by atoms with van der Waals surface area (Å²) in [6.45, 7) is 4.81. The van der Waals surface area contributed by atoms with E-state index in [0.29, 0.717) is 11.3 Å². The fourth-order valence-electron chi connectivity index (χ4n) is 6.61. The van der Waals surface area contributed by atoms with Crippen molar-refractivity contribution in [2.24, 2.45) is 28.6 Å².